The lowest BCUT2D eigenvalue weighted by atomic mass is 10.2. The third-order valence-electron chi connectivity index (χ3n) is 3.90. The van der Waals surface area contributed by atoms with Crippen LogP contribution in [-0.4, -0.2) is 70.3 Å². The minimum Gasteiger partial charge on any atom is -0.493 e. The van der Waals surface area contributed by atoms with Crippen molar-refractivity contribution in [2.75, 3.05) is 71.6 Å². The molecule has 1 aliphatic rings. The van der Waals surface area contributed by atoms with Crippen molar-refractivity contribution in [3.05, 3.63) is 12.1 Å². The van der Waals surface area contributed by atoms with Gasteiger partial charge in [0, 0.05) is 51.4 Å². The van der Waals surface area contributed by atoms with Crippen molar-refractivity contribution in [2.24, 2.45) is 0 Å². The average Bonchev–Trinajstić information content (AvgIpc) is 2.50. The Morgan fingerprint density at radius 3 is 2.33 bits per heavy atom. The van der Waals surface area contributed by atoms with Gasteiger partial charge in [0.15, 0.2) is 11.5 Å². The number of hydrogen-bond acceptors (Lipinski definition) is 6. The Hall–Kier alpha value is -1.66. The van der Waals surface area contributed by atoms with Crippen LogP contribution >= 0.6 is 0 Å². The number of nitrogens with one attached hydrogen (secondary N) is 1. The van der Waals surface area contributed by atoms with Crippen LogP contribution in [0.2, 0.25) is 0 Å². The number of rotatable bonds is 6. The maximum absolute atomic E-state index is 6.04. The highest BCUT2D eigenvalue weighted by atomic mass is 16.5. The summed E-state index contributed by atoms with van der Waals surface area (Å²) in [5.41, 5.74) is 7.60. The summed E-state index contributed by atoms with van der Waals surface area (Å²) in [7, 11) is 5.40. The number of nitrogens with zero attached hydrogens (tertiary/aromatic N) is 2. The number of ether oxygens (including phenoxy) is 2. The molecule has 1 aromatic rings. The van der Waals surface area contributed by atoms with Crippen LogP contribution in [0.4, 0.5) is 11.4 Å². The molecule has 0 spiro atoms. The van der Waals surface area contributed by atoms with Crippen LogP contribution in [0.5, 0.6) is 11.5 Å². The number of piperazine rings is 1. The highest BCUT2D eigenvalue weighted by molar-refractivity contribution is 5.72. The monoisotopic (exact) mass is 294 g/mol. The first-order valence-electron chi connectivity index (χ1n) is 7.30. The molecule has 0 saturated carbocycles. The second-order valence-corrected chi connectivity index (χ2v) is 5.37. The molecule has 118 valence electrons. The van der Waals surface area contributed by atoms with Gasteiger partial charge in [-0.15, -0.1) is 0 Å². The van der Waals surface area contributed by atoms with E-state index in [1.54, 1.807) is 20.3 Å². The van der Waals surface area contributed by atoms with Crippen LogP contribution in [-0.2, 0) is 0 Å². The molecule has 21 heavy (non-hydrogen) atoms. The fraction of sp³-hybridized carbons (Fsp3) is 0.600. The van der Waals surface area contributed by atoms with Gasteiger partial charge in [-0.2, -0.15) is 0 Å². The van der Waals surface area contributed by atoms with Gasteiger partial charge < -0.3 is 25.4 Å². The van der Waals surface area contributed by atoms with E-state index in [1.165, 1.54) is 0 Å². The van der Waals surface area contributed by atoms with E-state index < -0.39 is 0 Å². The first kappa shape index (κ1) is 15.7. The third-order valence-corrected chi connectivity index (χ3v) is 3.90. The SMILES string of the molecule is COc1cc(N)c(NCCN2CCN(C)CC2)cc1OC. The molecule has 0 amide bonds. The van der Waals surface area contributed by atoms with E-state index >= 15 is 0 Å². The van der Waals surface area contributed by atoms with Crippen molar-refractivity contribution in [2.45, 2.75) is 0 Å². The molecule has 6 heteroatoms. The number of nitrogen functional groups attached to an aromatic ring is 1. The number of hydrogen-bond donors (Lipinski definition) is 2. The van der Waals surface area contributed by atoms with E-state index in [0.29, 0.717) is 17.2 Å². The molecule has 1 aliphatic heterocycles. The summed E-state index contributed by atoms with van der Waals surface area (Å²) in [4.78, 5) is 4.82. The Morgan fingerprint density at radius 2 is 1.71 bits per heavy atom. The number of nitrogens with two attached hydrogens (primary N) is 1. The fourth-order valence-electron chi connectivity index (χ4n) is 2.47. The largest absolute Gasteiger partial charge is 0.493 e. The second-order valence-electron chi connectivity index (χ2n) is 5.37. The van der Waals surface area contributed by atoms with Gasteiger partial charge >= 0.3 is 0 Å². The van der Waals surface area contributed by atoms with Crippen molar-refractivity contribution in [1.29, 1.82) is 0 Å². The van der Waals surface area contributed by atoms with Crippen LogP contribution < -0.4 is 20.5 Å². The quantitative estimate of drug-likeness (QED) is 0.762. The Bertz CT molecular complexity index is 459. The highest BCUT2D eigenvalue weighted by Gasteiger charge is 2.13. The zero-order valence-electron chi connectivity index (χ0n) is 13.2. The van der Waals surface area contributed by atoms with Crippen molar-refractivity contribution in [3.8, 4) is 11.5 Å². The maximum Gasteiger partial charge on any atom is 0.162 e. The van der Waals surface area contributed by atoms with Gasteiger partial charge in [-0.3, -0.25) is 4.90 Å². The van der Waals surface area contributed by atoms with Crippen LogP contribution in [0.25, 0.3) is 0 Å². The van der Waals surface area contributed by atoms with Crippen molar-refractivity contribution >= 4 is 11.4 Å². The van der Waals surface area contributed by atoms with Crippen molar-refractivity contribution in [3.63, 3.8) is 0 Å². The van der Waals surface area contributed by atoms with Crippen LogP contribution in [0, 0.1) is 0 Å². The topological polar surface area (TPSA) is 63.0 Å². The molecule has 0 aliphatic carbocycles. The summed E-state index contributed by atoms with van der Waals surface area (Å²) in [6.07, 6.45) is 0. The number of benzene rings is 1. The van der Waals surface area contributed by atoms with Gasteiger partial charge in [0.25, 0.3) is 0 Å². The van der Waals surface area contributed by atoms with Gasteiger partial charge in [-0.05, 0) is 7.05 Å². The molecule has 0 unspecified atom stereocenters. The third kappa shape index (κ3) is 4.15. The lowest BCUT2D eigenvalue weighted by Crippen LogP contribution is -2.45. The van der Waals surface area contributed by atoms with E-state index in [1.807, 2.05) is 6.07 Å². The standard InChI is InChI=1S/C15H26N4O2/c1-18-6-8-19(9-7-18)5-4-17-13-11-15(21-3)14(20-2)10-12(13)16/h10-11,17H,4-9,16H2,1-3H3. The molecule has 0 bridgehead atoms. The summed E-state index contributed by atoms with van der Waals surface area (Å²) < 4.78 is 10.5. The molecule has 3 N–H and O–H groups in total. The lowest BCUT2D eigenvalue weighted by molar-refractivity contribution is 0.158. The Balaban J connectivity index is 1.88. The van der Waals surface area contributed by atoms with Crippen LogP contribution in [0.3, 0.4) is 0 Å². The zero-order chi connectivity index (χ0) is 15.2. The fourth-order valence-corrected chi connectivity index (χ4v) is 2.47. The van der Waals surface area contributed by atoms with E-state index in [2.05, 4.69) is 22.2 Å². The summed E-state index contributed by atoms with van der Waals surface area (Å²) in [6.45, 7) is 6.40. The van der Waals surface area contributed by atoms with E-state index in [9.17, 15) is 0 Å². The Morgan fingerprint density at radius 1 is 1.10 bits per heavy atom. The van der Waals surface area contributed by atoms with Gasteiger partial charge in [-0.25, -0.2) is 0 Å². The number of anilines is 2. The summed E-state index contributed by atoms with van der Waals surface area (Å²) in [5, 5.41) is 3.38. The smallest absolute Gasteiger partial charge is 0.162 e. The molecule has 0 atom stereocenters. The van der Waals surface area contributed by atoms with E-state index in [0.717, 1.165) is 45.0 Å². The predicted octanol–water partition coefficient (Wildman–Crippen LogP) is 0.945. The lowest BCUT2D eigenvalue weighted by Gasteiger charge is -2.32. The van der Waals surface area contributed by atoms with Crippen LogP contribution in [0.1, 0.15) is 0 Å². The van der Waals surface area contributed by atoms with Crippen LogP contribution in [0.15, 0.2) is 12.1 Å². The van der Waals surface area contributed by atoms with Crippen molar-refractivity contribution in [1.82, 2.24) is 9.80 Å². The Kier molecular flexibility index (Phi) is 5.52. The average molecular weight is 294 g/mol. The molecule has 6 nitrogen and oxygen atoms in total. The molecule has 1 heterocycles. The Labute approximate surface area is 126 Å². The van der Waals surface area contributed by atoms with E-state index in [-0.39, 0.29) is 0 Å². The summed E-state index contributed by atoms with van der Waals surface area (Å²) in [5.74, 6) is 1.34. The molecular formula is C15H26N4O2. The minimum atomic E-state index is 0.652. The molecule has 0 radical (unpaired) electrons. The first-order chi connectivity index (χ1) is 10.1. The van der Waals surface area contributed by atoms with Gasteiger partial charge in [-0.1, -0.05) is 0 Å². The molecule has 1 saturated heterocycles. The summed E-state index contributed by atoms with van der Waals surface area (Å²) >= 11 is 0. The molecule has 2 rings (SSSR count). The molecule has 0 aromatic heterocycles. The maximum atomic E-state index is 6.04. The first-order valence-corrected chi connectivity index (χ1v) is 7.30. The second kappa shape index (κ2) is 7.38. The molecule has 1 aromatic carbocycles. The highest BCUT2D eigenvalue weighted by Crippen LogP contribution is 2.34. The number of likely N-dealkylation sites (N-methyl/N-ethyl adjacent to an activating group) is 1. The van der Waals surface area contributed by atoms with Crippen molar-refractivity contribution < 1.29 is 9.47 Å². The molecular weight excluding hydrogens is 268 g/mol. The number of methoxy groups -OCH3 is 2. The zero-order valence-corrected chi connectivity index (χ0v) is 13.2. The van der Waals surface area contributed by atoms with Gasteiger partial charge in [0.05, 0.1) is 25.6 Å². The predicted molar refractivity (Wildman–Crippen MR) is 86.4 cm³/mol. The van der Waals surface area contributed by atoms with Gasteiger partial charge in [0.1, 0.15) is 0 Å². The molecule has 1 fully saturated rings. The minimum absolute atomic E-state index is 0.652. The summed E-state index contributed by atoms with van der Waals surface area (Å²) in [6, 6.07) is 3.68. The normalized spacial score (nSPS) is 16.7. The van der Waals surface area contributed by atoms with Gasteiger partial charge in [0.2, 0.25) is 0 Å². The van der Waals surface area contributed by atoms with E-state index in [4.69, 9.17) is 15.2 Å².